The number of nitrogens with zero attached hydrogens (tertiary/aromatic N) is 1. The van der Waals surface area contributed by atoms with Crippen LogP contribution in [-0.4, -0.2) is 36.3 Å². The van der Waals surface area contributed by atoms with Gasteiger partial charge in [-0.05, 0) is 23.6 Å². The maximum Gasteiger partial charge on any atom is 0.573 e. The first-order valence-electron chi connectivity index (χ1n) is 8.40. The van der Waals surface area contributed by atoms with E-state index in [4.69, 9.17) is 0 Å². The molecule has 0 radical (unpaired) electrons. The summed E-state index contributed by atoms with van der Waals surface area (Å²) in [5.41, 5.74) is 1.69. The van der Waals surface area contributed by atoms with Crippen molar-refractivity contribution in [1.82, 2.24) is 10.2 Å². The quantitative estimate of drug-likeness (QED) is 0.856. The Balaban J connectivity index is 0.00000210. The van der Waals surface area contributed by atoms with Crippen LogP contribution in [0.5, 0.6) is 5.75 Å². The predicted molar refractivity (Wildman–Crippen MR) is 96.1 cm³/mol. The molecule has 0 aliphatic carbocycles. The fourth-order valence-electron chi connectivity index (χ4n) is 3.86. The lowest BCUT2D eigenvalue weighted by Gasteiger charge is -2.38. The molecule has 4 nitrogen and oxygen atoms in total. The van der Waals surface area contributed by atoms with Crippen molar-refractivity contribution in [2.45, 2.75) is 24.9 Å². The van der Waals surface area contributed by atoms with Gasteiger partial charge in [-0.15, -0.1) is 25.6 Å². The molecule has 2 aliphatic rings. The number of benzene rings is 2. The third kappa shape index (κ3) is 3.75. The lowest BCUT2D eigenvalue weighted by Crippen LogP contribution is -2.53. The van der Waals surface area contributed by atoms with Crippen molar-refractivity contribution in [2.75, 3.05) is 13.1 Å². The van der Waals surface area contributed by atoms with Crippen molar-refractivity contribution >= 4 is 18.3 Å². The molecule has 1 saturated heterocycles. The molecule has 2 aliphatic heterocycles. The second-order valence-corrected chi connectivity index (χ2v) is 6.50. The third-order valence-corrected chi connectivity index (χ3v) is 4.85. The van der Waals surface area contributed by atoms with Crippen molar-refractivity contribution in [1.29, 1.82) is 0 Å². The molecular formula is C19H18ClF3N2O2. The van der Waals surface area contributed by atoms with Crippen LogP contribution in [0.15, 0.2) is 48.5 Å². The van der Waals surface area contributed by atoms with Gasteiger partial charge in [0.15, 0.2) is 0 Å². The minimum atomic E-state index is -4.83. The Morgan fingerprint density at radius 3 is 2.52 bits per heavy atom. The number of halogens is 4. The normalized spacial score (nSPS) is 21.3. The van der Waals surface area contributed by atoms with Gasteiger partial charge in [-0.2, -0.15) is 0 Å². The summed E-state index contributed by atoms with van der Waals surface area (Å²) in [6.45, 7) is 1.11. The molecule has 144 valence electrons. The molecule has 1 amide bonds. The topological polar surface area (TPSA) is 41.6 Å². The second-order valence-electron chi connectivity index (χ2n) is 6.50. The van der Waals surface area contributed by atoms with E-state index >= 15 is 0 Å². The lowest BCUT2D eigenvalue weighted by atomic mass is 9.99. The Bertz CT molecular complexity index is 829. The highest BCUT2D eigenvalue weighted by Gasteiger charge is 2.45. The Labute approximate surface area is 160 Å². The van der Waals surface area contributed by atoms with Gasteiger partial charge >= 0.3 is 6.36 Å². The highest BCUT2D eigenvalue weighted by molar-refractivity contribution is 6.02. The summed E-state index contributed by atoms with van der Waals surface area (Å²) in [7, 11) is 0. The van der Waals surface area contributed by atoms with Gasteiger partial charge in [0.25, 0.3) is 5.91 Å². The Morgan fingerprint density at radius 2 is 1.81 bits per heavy atom. The number of carbonyl (C=O) groups excluding carboxylic acids is 1. The fourth-order valence-corrected chi connectivity index (χ4v) is 3.86. The molecule has 27 heavy (non-hydrogen) atoms. The van der Waals surface area contributed by atoms with Gasteiger partial charge in [-0.1, -0.05) is 42.5 Å². The van der Waals surface area contributed by atoms with Gasteiger partial charge in [0.2, 0.25) is 0 Å². The Morgan fingerprint density at radius 1 is 1.07 bits per heavy atom. The Hall–Kier alpha value is -2.25. The third-order valence-electron chi connectivity index (χ3n) is 4.85. The van der Waals surface area contributed by atoms with Crippen LogP contribution in [0, 0.1) is 0 Å². The van der Waals surface area contributed by atoms with E-state index in [0.717, 1.165) is 5.56 Å². The van der Waals surface area contributed by atoms with Gasteiger partial charge in [-0.3, -0.25) is 4.79 Å². The number of ether oxygens (including phenoxy) is 1. The van der Waals surface area contributed by atoms with Crippen molar-refractivity contribution < 1.29 is 22.7 Å². The summed E-state index contributed by atoms with van der Waals surface area (Å²) >= 11 is 0. The molecule has 1 fully saturated rings. The molecule has 0 bridgehead atoms. The minimum absolute atomic E-state index is 0. The molecule has 0 saturated carbocycles. The number of fused-ring (bicyclic) bond motifs is 3. The summed E-state index contributed by atoms with van der Waals surface area (Å²) in [6.07, 6.45) is -4.19. The monoisotopic (exact) mass is 398 g/mol. The Kier molecular flexibility index (Phi) is 5.35. The van der Waals surface area contributed by atoms with E-state index in [1.54, 1.807) is 11.0 Å². The van der Waals surface area contributed by atoms with E-state index in [0.29, 0.717) is 25.1 Å². The molecule has 0 aromatic heterocycles. The van der Waals surface area contributed by atoms with Crippen LogP contribution in [0.1, 0.15) is 27.5 Å². The number of carbonyl (C=O) groups is 1. The van der Waals surface area contributed by atoms with Gasteiger partial charge in [0.1, 0.15) is 5.75 Å². The predicted octanol–water partition coefficient (Wildman–Crippen LogP) is 3.72. The van der Waals surface area contributed by atoms with Crippen molar-refractivity contribution in [3.05, 3.63) is 65.2 Å². The van der Waals surface area contributed by atoms with Crippen LogP contribution in [0.3, 0.4) is 0 Å². The van der Waals surface area contributed by atoms with E-state index in [9.17, 15) is 18.0 Å². The van der Waals surface area contributed by atoms with Gasteiger partial charge in [0, 0.05) is 19.1 Å². The average molecular weight is 399 g/mol. The number of hydrogen-bond acceptors (Lipinski definition) is 3. The maximum atomic E-state index is 13.0. The molecular weight excluding hydrogens is 381 g/mol. The molecule has 2 aromatic carbocycles. The van der Waals surface area contributed by atoms with Crippen molar-refractivity contribution in [3.8, 4) is 5.75 Å². The smallest absolute Gasteiger partial charge is 0.405 e. The van der Waals surface area contributed by atoms with Gasteiger partial charge in [-0.25, -0.2) is 0 Å². The molecule has 2 heterocycles. The molecule has 0 spiro atoms. The number of alkyl halides is 3. The molecule has 0 unspecified atom stereocenters. The lowest BCUT2D eigenvalue weighted by molar-refractivity contribution is -0.274. The van der Waals surface area contributed by atoms with Crippen LogP contribution in [0.2, 0.25) is 0 Å². The fraction of sp³-hybridized carbons (Fsp3) is 0.316. The van der Waals surface area contributed by atoms with E-state index in [1.165, 1.54) is 12.1 Å². The molecule has 2 atom stereocenters. The maximum absolute atomic E-state index is 13.0. The van der Waals surface area contributed by atoms with E-state index in [1.807, 2.05) is 30.3 Å². The van der Waals surface area contributed by atoms with Crippen LogP contribution in [-0.2, 0) is 6.42 Å². The van der Waals surface area contributed by atoms with E-state index in [-0.39, 0.29) is 30.1 Å². The standard InChI is InChI=1S/C19H17F3N2O2.ClH/c20-19(21,22)26-16-8-4-7-14-15-11-23-10-13(24(15)18(25)17(14)16)9-12-5-2-1-3-6-12;/h1-8,13,15,23H,9-11H2;1H/t13-,15-;/m0./s1. The first kappa shape index (κ1) is 19.5. The molecule has 8 heteroatoms. The molecule has 4 rings (SSSR count). The van der Waals surface area contributed by atoms with Crippen molar-refractivity contribution in [2.24, 2.45) is 0 Å². The summed E-state index contributed by atoms with van der Waals surface area (Å²) in [6, 6.07) is 13.7. The van der Waals surface area contributed by atoms with Crippen LogP contribution >= 0.6 is 12.4 Å². The zero-order valence-electron chi connectivity index (χ0n) is 14.2. The van der Waals surface area contributed by atoms with Crippen molar-refractivity contribution in [3.63, 3.8) is 0 Å². The van der Waals surface area contributed by atoms with Crippen LogP contribution in [0.4, 0.5) is 13.2 Å². The number of hydrogen-bond donors (Lipinski definition) is 1. The summed E-state index contributed by atoms with van der Waals surface area (Å²) in [5, 5.41) is 3.30. The molecule has 1 N–H and O–H groups in total. The highest BCUT2D eigenvalue weighted by atomic mass is 35.5. The largest absolute Gasteiger partial charge is 0.573 e. The number of piperazine rings is 1. The number of rotatable bonds is 3. The zero-order valence-corrected chi connectivity index (χ0v) is 15.0. The second kappa shape index (κ2) is 7.40. The van der Waals surface area contributed by atoms with Gasteiger partial charge < -0.3 is 15.0 Å². The van der Waals surface area contributed by atoms with Gasteiger partial charge in [0.05, 0.1) is 11.6 Å². The zero-order chi connectivity index (χ0) is 18.3. The SMILES string of the molecule is Cl.O=C1c2c(OC(F)(F)F)cccc2[C@@H]2CNC[C@H](Cc3ccccc3)N12. The highest BCUT2D eigenvalue weighted by Crippen LogP contribution is 2.42. The first-order chi connectivity index (χ1) is 12.4. The summed E-state index contributed by atoms with van der Waals surface area (Å²) < 4.78 is 42.2. The summed E-state index contributed by atoms with van der Waals surface area (Å²) in [5.74, 6) is -0.819. The average Bonchev–Trinajstić information content (AvgIpc) is 2.89. The van der Waals surface area contributed by atoms with E-state index in [2.05, 4.69) is 10.1 Å². The minimum Gasteiger partial charge on any atom is -0.405 e. The van der Waals surface area contributed by atoms with Crippen LogP contribution in [0.25, 0.3) is 0 Å². The summed E-state index contributed by atoms with van der Waals surface area (Å²) in [4.78, 5) is 14.7. The van der Waals surface area contributed by atoms with E-state index < -0.39 is 18.0 Å². The first-order valence-corrected chi connectivity index (χ1v) is 8.40. The number of amides is 1. The van der Waals surface area contributed by atoms with Crippen LogP contribution < -0.4 is 10.1 Å². The number of nitrogens with one attached hydrogen (secondary N) is 1. The molecule has 2 aromatic rings.